The number of aryl methyl sites for hydroxylation is 1. The number of nitrogens with zero attached hydrogens (tertiary/aromatic N) is 3. The number of aromatic nitrogens is 3. The van der Waals surface area contributed by atoms with Crippen LogP contribution in [0.15, 0.2) is 30.3 Å². The van der Waals surface area contributed by atoms with Gasteiger partial charge in [-0.05, 0) is 37.5 Å². The summed E-state index contributed by atoms with van der Waals surface area (Å²) >= 11 is 5.91. The Balaban J connectivity index is 1.90. The van der Waals surface area contributed by atoms with Crippen LogP contribution in [-0.4, -0.2) is 20.6 Å². The first-order valence-corrected chi connectivity index (χ1v) is 9.71. The third-order valence-electron chi connectivity index (χ3n) is 5.08. The highest BCUT2D eigenvalue weighted by Gasteiger charge is 2.39. The van der Waals surface area contributed by atoms with Gasteiger partial charge in [0.25, 0.3) is 0 Å². The van der Waals surface area contributed by atoms with E-state index in [1.54, 1.807) is 37.3 Å². The summed E-state index contributed by atoms with van der Waals surface area (Å²) in [5, 5.41) is 7.77. The fourth-order valence-electron chi connectivity index (χ4n) is 3.78. The minimum absolute atomic E-state index is 0.0282. The number of benzene rings is 1. The summed E-state index contributed by atoms with van der Waals surface area (Å²) in [7, 11) is 0. The van der Waals surface area contributed by atoms with Gasteiger partial charge in [0.1, 0.15) is 5.82 Å². The highest BCUT2D eigenvalue weighted by molar-refractivity contribution is 6.30. The summed E-state index contributed by atoms with van der Waals surface area (Å²) in [5.74, 6) is 0.542. The summed E-state index contributed by atoms with van der Waals surface area (Å²) in [6.45, 7) is 1.78. The normalized spacial score (nSPS) is 15.9. The molecule has 0 aliphatic heterocycles. The Morgan fingerprint density at radius 3 is 2.43 bits per heavy atom. The summed E-state index contributed by atoms with van der Waals surface area (Å²) < 4.78 is 42.7. The Bertz CT molecular complexity index is 989. The maximum atomic E-state index is 13.8. The molecule has 0 atom stereocenters. The summed E-state index contributed by atoms with van der Waals surface area (Å²) in [4.78, 5) is 4.39. The molecule has 1 aliphatic rings. The second-order valence-electron chi connectivity index (χ2n) is 7.23. The van der Waals surface area contributed by atoms with Crippen molar-refractivity contribution in [1.29, 1.82) is 0 Å². The van der Waals surface area contributed by atoms with Gasteiger partial charge in [0.15, 0.2) is 11.3 Å². The van der Waals surface area contributed by atoms with Crippen molar-refractivity contribution in [3.05, 3.63) is 46.7 Å². The van der Waals surface area contributed by atoms with Crippen molar-refractivity contribution >= 4 is 23.1 Å². The Kier molecular flexibility index (Phi) is 4.95. The molecule has 28 heavy (non-hydrogen) atoms. The highest BCUT2D eigenvalue weighted by Crippen LogP contribution is 2.39. The van der Waals surface area contributed by atoms with Crippen LogP contribution in [0, 0.1) is 6.92 Å². The number of halogens is 4. The van der Waals surface area contributed by atoms with E-state index in [0.717, 1.165) is 25.7 Å². The lowest BCUT2D eigenvalue weighted by atomic mass is 9.95. The highest BCUT2D eigenvalue weighted by atomic mass is 35.5. The predicted octanol–water partition coefficient (Wildman–Crippen LogP) is 6.12. The molecule has 1 fully saturated rings. The first-order chi connectivity index (χ1) is 13.3. The SMILES string of the molecule is Cc1cc(NC2CCCCC2)n2nc(C(F)(F)F)c(-c3ccc(Cl)cc3)c2n1. The third kappa shape index (κ3) is 3.68. The molecule has 0 bridgehead atoms. The van der Waals surface area contributed by atoms with E-state index in [1.165, 1.54) is 10.9 Å². The van der Waals surface area contributed by atoms with E-state index in [0.29, 0.717) is 22.1 Å². The standard InChI is InChI=1S/C20H20ClF3N4/c1-12-11-16(26-15-5-3-2-4-6-15)28-19(25-12)17(18(27-28)20(22,23)24)13-7-9-14(21)10-8-13/h7-11,15,26H,2-6H2,1H3. The lowest BCUT2D eigenvalue weighted by Crippen LogP contribution is -2.24. The van der Waals surface area contributed by atoms with Gasteiger partial charge in [-0.3, -0.25) is 0 Å². The molecular formula is C20H20ClF3N4. The minimum Gasteiger partial charge on any atom is -0.367 e. The van der Waals surface area contributed by atoms with Crippen LogP contribution >= 0.6 is 11.6 Å². The molecule has 4 rings (SSSR count). The van der Waals surface area contributed by atoms with Crippen molar-refractivity contribution < 1.29 is 13.2 Å². The van der Waals surface area contributed by atoms with Crippen molar-refractivity contribution in [3.8, 4) is 11.1 Å². The Morgan fingerprint density at radius 1 is 1.11 bits per heavy atom. The number of rotatable bonds is 3. The molecule has 1 saturated carbocycles. The average Bonchev–Trinajstić information content (AvgIpc) is 3.03. The summed E-state index contributed by atoms with van der Waals surface area (Å²) in [6.07, 6.45) is 0.838. The van der Waals surface area contributed by atoms with Gasteiger partial charge in [-0.25, -0.2) is 4.98 Å². The van der Waals surface area contributed by atoms with Gasteiger partial charge in [0, 0.05) is 22.8 Å². The molecule has 4 nitrogen and oxygen atoms in total. The lowest BCUT2D eigenvalue weighted by Gasteiger charge is -2.24. The molecular weight excluding hydrogens is 389 g/mol. The molecule has 2 heterocycles. The zero-order chi connectivity index (χ0) is 19.9. The van der Waals surface area contributed by atoms with Crippen LogP contribution in [0.4, 0.5) is 19.0 Å². The van der Waals surface area contributed by atoms with E-state index in [4.69, 9.17) is 11.6 Å². The van der Waals surface area contributed by atoms with E-state index >= 15 is 0 Å². The Labute approximate surface area is 165 Å². The van der Waals surface area contributed by atoms with Crippen LogP contribution < -0.4 is 5.32 Å². The van der Waals surface area contributed by atoms with Crippen LogP contribution in [0.25, 0.3) is 16.8 Å². The second-order valence-corrected chi connectivity index (χ2v) is 7.66. The van der Waals surface area contributed by atoms with E-state index in [1.807, 2.05) is 0 Å². The van der Waals surface area contributed by atoms with Crippen LogP contribution in [0.5, 0.6) is 0 Å². The molecule has 0 saturated heterocycles. The van der Waals surface area contributed by atoms with Gasteiger partial charge in [0.05, 0.1) is 5.56 Å². The van der Waals surface area contributed by atoms with Crippen molar-refractivity contribution in [2.75, 3.05) is 5.32 Å². The second kappa shape index (κ2) is 7.28. The van der Waals surface area contributed by atoms with Crippen molar-refractivity contribution in [2.45, 2.75) is 51.2 Å². The van der Waals surface area contributed by atoms with Crippen LogP contribution in [0.2, 0.25) is 5.02 Å². The third-order valence-corrected chi connectivity index (χ3v) is 5.33. The molecule has 2 aromatic heterocycles. The molecule has 3 aromatic rings. The van der Waals surface area contributed by atoms with E-state index in [-0.39, 0.29) is 17.3 Å². The van der Waals surface area contributed by atoms with Crippen molar-refractivity contribution in [1.82, 2.24) is 14.6 Å². The fraction of sp³-hybridized carbons (Fsp3) is 0.400. The fourth-order valence-corrected chi connectivity index (χ4v) is 3.90. The maximum absolute atomic E-state index is 13.8. The number of hydrogen-bond acceptors (Lipinski definition) is 3. The molecule has 8 heteroatoms. The number of alkyl halides is 3. The van der Waals surface area contributed by atoms with E-state index in [9.17, 15) is 13.2 Å². The first kappa shape index (κ1) is 19.1. The molecule has 1 aromatic carbocycles. The minimum atomic E-state index is -4.60. The smallest absolute Gasteiger partial charge is 0.367 e. The summed E-state index contributed by atoms with van der Waals surface area (Å²) in [6, 6.07) is 8.24. The molecule has 0 amide bonds. The van der Waals surface area contributed by atoms with Gasteiger partial charge < -0.3 is 5.32 Å². The Hall–Kier alpha value is -2.28. The van der Waals surface area contributed by atoms with Crippen LogP contribution in [0.1, 0.15) is 43.5 Å². The van der Waals surface area contributed by atoms with Gasteiger partial charge in [-0.1, -0.05) is 43.0 Å². The van der Waals surface area contributed by atoms with E-state index in [2.05, 4.69) is 15.4 Å². The zero-order valence-corrected chi connectivity index (χ0v) is 16.1. The quantitative estimate of drug-likeness (QED) is 0.567. The Morgan fingerprint density at radius 2 is 1.79 bits per heavy atom. The molecule has 1 aliphatic carbocycles. The molecule has 1 N–H and O–H groups in total. The van der Waals surface area contributed by atoms with Gasteiger partial charge in [-0.2, -0.15) is 22.8 Å². The number of fused-ring (bicyclic) bond motifs is 1. The van der Waals surface area contributed by atoms with Gasteiger partial charge in [0.2, 0.25) is 0 Å². The van der Waals surface area contributed by atoms with Crippen molar-refractivity contribution in [2.24, 2.45) is 0 Å². The largest absolute Gasteiger partial charge is 0.435 e. The predicted molar refractivity (Wildman–Crippen MR) is 104 cm³/mol. The van der Waals surface area contributed by atoms with Crippen LogP contribution in [-0.2, 0) is 6.18 Å². The van der Waals surface area contributed by atoms with Gasteiger partial charge >= 0.3 is 6.18 Å². The number of nitrogens with one attached hydrogen (secondary N) is 1. The van der Waals surface area contributed by atoms with E-state index < -0.39 is 11.9 Å². The summed E-state index contributed by atoms with van der Waals surface area (Å²) in [5.41, 5.74) is 0.232. The monoisotopic (exact) mass is 408 g/mol. The maximum Gasteiger partial charge on any atom is 0.435 e. The molecule has 0 radical (unpaired) electrons. The number of hydrogen-bond donors (Lipinski definition) is 1. The topological polar surface area (TPSA) is 42.2 Å². The zero-order valence-electron chi connectivity index (χ0n) is 15.4. The molecule has 148 valence electrons. The molecule has 0 spiro atoms. The number of anilines is 1. The van der Waals surface area contributed by atoms with Crippen LogP contribution in [0.3, 0.4) is 0 Å². The lowest BCUT2D eigenvalue weighted by molar-refractivity contribution is -0.140. The van der Waals surface area contributed by atoms with Crippen molar-refractivity contribution in [3.63, 3.8) is 0 Å². The first-order valence-electron chi connectivity index (χ1n) is 9.33. The molecule has 0 unspecified atom stereocenters. The average molecular weight is 409 g/mol. The van der Waals surface area contributed by atoms with Gasteiger partial charge in [-0.15, -0.1) is 0 Å².